The topological polar surface area (TPSA) is 172 Å². The van der Waals surface area contributed by atoms with Crippen LogP contribution in [0.25, 0.3) is 0 Å². The number of benzene rings is 2. The van der Waals surface area contributed by atoms with Crippen LogP contribution in [-0.2, 0) is 25.7 Å². The molecule has 0 aliphatic heterocycles. The summed E-state index contributed by atoms with van der Waals surface area (Å²) in [6.45, 7) is 9.39. The molecule has 1 atom stereocenters. The lowest BCUT2D eigenvalue weighted by Crippen LogP contribution is -2.48. The van der Waals surface area contributed by atoms with E-state index >= 15 is 0 Å². The lowest BCUT2D eigenvalue weighted by molar-refractivity contribution is -0.129. The van der Waals surface area contributed by atoms with Gasteiger partial charge in [-0.15, -0.1) is 0 Å². The normalized spacial score (nSPS) is 9.95. The second-order valence-electron chi connectivity index (χ2n) is 9.25. The molecule has 11 nitrogen and oxygen atoms in total. The van der Waals surface area contributed by atoms with Crippen LogP contribution in [0.4, 0.5) is 0 Å². The van der Waals surface area contributed by atoms with Crippen LogP contribution in [0, 0.1) is 6.92 Å². The zero-order valence-corrected chi connectivity index (χ0v) is 26.8. The molecule has 0 fully saturated rings. The molecule has 0 bridgehead atoms. The van der Waals surface area contributed by atoms with Crippen LogP contribution in [0.15, 0.2) is 84.0 Å². The number of carbonyl (C=O) groups excluding carboxylic acids is 5. The number of amides is 4. The highest BCUT2D eigenvalue weighted by Gasteiger charge is 2.16. The molecule has 3 aromatic rings. The number of hydrogen-bond acceptors (Lipinski definition) is 8. The van der Waals surface area contributed by atoms with Crippen molar-refractivity contribution >= 4 is 41.9 Å². The Morgan fingerprint density at radius 1 is 0.909 bits per heavy atom. The maximum atomic E-state index is 11.7. The molecule has 0 spiro atoms. The maximum Gasteiger partial charge on any atom is 0.251 e. The minimum absolute atomic E-state index is 0.0855. The third kappa shape index (κ3) is 20.3. The summed E-state index contributed by atoms with van der Waals surface area (Å²) in [5.74, 6) is -1.57. The van der Waals surface area contributed by atoms with Gasteiger partial charge in [-0.25, -0.2) is 0 Å². The van der Waals surface area contributed by atoms with Crippen LogP contribution in [0.1, 0.15) is 55.6 Å². The van der Waals surface area contributed by atoms with Gasteiger partial charge in [-0.05, 0) is 62.5 Å². The Labute approximate surface area is 264 Å². The highest BCUT2D eigenvalue weighted by atomic mass is 32.2. The van der Waals surface area contributed by atoms with Crippen molar-refractivity contribution in [3.05, 3.63) is 95.8 Å². The highest BCUT2D eigenvalue weighted by Crippen LogP contribution is 2.11. The van der Waals surface area contributed by atoms with Crippen molar-refractivity contribution in [1.82, 2.24) is 26.3 Å². The Balaban J connectivity index is 0.000000694. The van der Waals surface area contributed by atoms with E-state index in [-0.39, 0.29) is 18.9 Å². The quantitative estimate of drug-likeness (QED) is 0.160. The van der Waals surface area contributed by atoms with Gasteiger partial charge in [-0.3, -0.25) is 34.1 Å². The molecule has 0 saturated heterocycles. The molecule has 1 aromatic heterocycles. The summed E-state index contributed by atoms with van der Waals surface area (Å²) in [5.41, 5.74) is 2.78. The number of aromatic nitrogens is 1. The number of nitrogens with one attached hydrogen (secondary N) is 4. The summed E-state index contributed by atoms with van der Waals surface area (Å²) < 4.78 is 0. The van der Waals surface area contributed by atoms with E-state index in [2.05, 4.69) is 59.2 Å². The van der Waals surface area contributed by atoms with Crippen molar-refractivity contribution in [3.8, 4) is 0 Å². The number of ketones is 1. The SMILES string of the molecule is CC(=O)CNC(=O)[C@H](C)NC(=O)CNC(=O)c1ccncc1.CCC.Cc1ccccc1.NSc1ccc(CNC=O)cc1. The van der Waals surface area contributed by atoms with Gasteiger partial charge in [-0.1, -0.05) is 68.3 Å². The first kappa shape index (κ1) is 39.5. The van der Waals surface area contributed by atoms with Gasteiger partial charge in [0.2, 0.25) is 18.2 Å². The predicted octanol–water partition coefficient (Wildman–Crippen LogP) is 3.33. The zero-order valence-electron chi connectivity index (χ0n) is 26.0. The molecule has 44 heavy (non-hydrogen) atoms. The number of nitrogens with zero attached hydrogens (tertiary/aromatic N) is 1. The van der Waals surface area contributed by atoms with Crippen LogP contribution in [-0.4, -0.2) is 54.0 Å². The van der Waals surface area contributed by atoms with E-state index in [1.54, 1.807) is 0 Å². The molecule has 0 radical (unpaired) electrons. The van der Waals surface area contributed by atoms with Gasteiger partial charge in [0.15, 0.2) is 0 Å². The van der Waals surface area contributed by atoms with Gasteiger partial charge < -0.3 is 21.3 Å². The number of carbonyl (C=O) groups is 5. The summed E-state index contributed by atoms with van der Waals surface area (Å²) in [5, 5.41) is 15.2. The van der Waals surface area contributed by atoms with Crippen LogP contribution in [0.5, 0.6) is 0 Å². The molecule has 12 heteroatoms. The van der Waals surface area contributed by atoms with Gasteiger partial charge in [0.25, 0.3) is 5.91 Å². The Morgan fingerprint density at radius 2 is 1.50 bits per heavy atom. The Hall–Kier alpha value is -4.55. The fourth-order valence-electron chi connectivity index (χ4n) is 2.87. The molecular weight excluding hydrogens is 580 g/mol. The predicted molar refractivity (Wildman–Crippen MR) is 174 cm³/mol. The third-order valence-corrected chi connectivity index (χ3v) is 5.57. The van der Waals surface area contributed by atoms with Crippen molar-refractivity contribution in [2.24, 2.45) is 5.14 Å². The summed E-state index contributed by atoms with van der Waals surface area (Å²) in [7, 11) is 0. The van der Waals surface area contributed by atoms with Gasteiger partial charge in [-0.2, -0.15) is 0 Å². The Bertz CT molecular complexity index is 1250. The smallest absolute Gasteiger partial charge is 0.251 e. The van der Waals surface area contributed by atoms with Crippen LogP contribution >= 0.6 is 11.9 Å². The average molecular weight is 625 g/mol. The van der Waals surface area contributed by atoms with Crippen LogP contribution in [0.3, 0.4) is 0 Å². The van der Waals surface area contributed by atoms with E-state index in [1.807, 2.05) is 42.5 Å². The molecule has 3 rings (SSSR count). The Kier molecular flexibility index (Phi) is 22.4. The maximum absolute atomic E-state index is 11.7. The molecule has 238 valence electrons. The van der Waals surface area contributed by atoms with E-state index in [1.165, 1.54) is 62.3 Å². The minimum Gasteiger partial charge on any atom is -0.355 e. The second kappa shape index (κ2) is 25.0. The number of aryl methyl sites for hydroxylation is 1. The molecule has 4 amide bonds. The standard InChI is InChI=1S/C14H18N4O4.C8H10N2OS.C7H8.C3H8/c1-9(19)7-16-13(21)10(2)18-12(20)8-17-14(22)11-3-5-15-6-4-11;9-12-8-3-1-7(2-4-8)5-10-6-11;1-7-5-3-2-4-6-7;1-3-2/h3-6,10H,7-8H2,1-2H3,(H,16,21)(H,17,22)(H,18,20);1-4,6H,5,9H2,(H,10,11);2-6H,1H3;3H2,1-2H3/t10-;;;/m0.../s1. The molecular formula is C32H44N6O5S. The number of hydrogen-bond donors (Lipinski definition) is 5. The molecule has 0 aliphatic carbocycles. The first-order chi connectivity index (χ1) is 21.1. The summed E-state index contributed by atoms with van der Waals surface area (Å²) in [6.07, 6.45) is 4.87. The lowest BCUT2D eigenvalue weighted by atomic mass is 10.2. The van der Waals surface area contributed by atoms with Crippen molar-refractivity contribution in [1.29, 1.82) is 0 Å². The van der Waals surface area contributed by atoms with E-state index in [4.69, 9.17) is 5.14 Å². The number of pyridine rings is 1. The fourth-order valence-corrected chi connectivity index (χ4v) is 3.16. The summed E-state index contributed by atoms with van der Waals surface area (Å²) >= 11 is 1.21. The summed E-state index contributed by atoms with van der Waals surface area (Å²) in [6, 6.07) is 20.2. The van der Waals surface area contributed by atoms with Gasteiger partial charge in [0.05, 0.1) is 13.1 Å². The molecule has 6 N–H and O–H groups in total. The summed E-state index contributed by atoms with van der Waals surface area (Å²) in [4.78, 5) is 60.4. The van der Waals surface area contributed by atoms with Gasteiger partial charge in [0, 0.05) is 29.4 Å². The van der Waals surface area contributed by atoms with Gasteiger partial charge in [0.1, 0.15) is 11.8 Å². The third-order valence-electron chi connectivity index (χ3n) is 5.02. The van der Waals surface area contributed by atoms with Crippen molar-refractivity contribution in [3.63, 3.8) is 0 Å². The van der Waals surface area contributed by atoms with E-state index < -0.39 is 23.8 Å². The highest BCUT2D eigenvalue weighted by molar-refractivity contribution is 7.97. The van der Waals surface area contributed by atoms with Crippen LogP contribution < -0.4 is 26.4 Å². The number of Topliss-reactive ketones (excluding diaryl/α,β-unsaturated/α-hetero) is 1. The largest absolute Gasteiger partial charge is 0.355 e. The molecule has 0 unspecified atom stereocenters. The fraction of sp³-hybridized carbons (Fsp3) is 0.312. The zero-order chi connectivity index (χ0) is 33.2. The molecule has 0 saturated carbocycles. The first-order valence-electron chi connectivity index (χ1n) is 14.0. The van der Waals surface area contributed by atoms with E-state index in [0.717, 1.165) is 10.5 Å². The van der Waals surface area contributed by atoms with E-state index in [0.29, 0.717) is 18.5 Å². The van der Waals surface area contributed by atoms with Crippen molar-refractivity contribution < 1.29 is 24.0 Å². The minimum atomic E-state index is -0.801. The number of rotatable bonds is 11. The Morgan fingerprint density at radius 3 is 1.98 bits per heavy atom. The van der Waals surface area contributed by atoms with E-state index in [9.17, 15) is 24.0 Å². The monoisotopic (exact) mass is 624 g/mol. The van der Waals surface area contributed by atoms with Crippen molar-refractivity contribution in [2.45, 2.75) is 58.5 Å². The van der Waals surface area contributed by atoms with Crippen molar-refractivity contribution in [2.75, 3.05) is 13.1 Å². The van der Waals surface area contributed by atoms with Crippen LogP contribution in [0.2, 0.25) is 0 Å². The van der Waals surface area contributed by atoms with Gasteiger partial charge >= 0.3 is 0 Å². The second-order valence-corrected chi connectivity index (χ2v) is 9.96. The first-order valence-corrected chi connectivity index (χ1v) is 14.8. The molecule has 2 aromatic carbocycles. The lowest BCUT2D eigenvalue weighted by Gasteiger charge is -2.13. The molecule has 1 heterocycles. The number of nitrogens with two attached hydrogens (primary N) is 1. The molecule has 0 aliphatic rings. The average Bonchev–Trinajstić information content (AvgIpc) is 3.03.